The third kappa shape index (κ3) is 2.63. The van der Waals surface area contributed by atoms with Crippen molar-refractivity contribution in [3.05, 3.63) is 44.6 Å². The van der Waals surface area contributed by atoms with E-state index in [1.54, 1.807) is 17.4 Å². The number of aromatic nitrogens is 3. The van der Waals surface area contributed by atoms with E-state index in [1.807, 2.05) is 12.1 Å². The van der Waals surface area contributed by atoms with Gasteiger partial charge in [-0.1, -0.05) is 24.6 Å². The number of rotatable bonds is 3. The molecule has 0 spiro atoms. The smallest absolute Gasteiger partial charge is 0.166 e. The van der Waals surface area contributed by atoms with Crippen LogP contribution in [0.5, 0.6) is 0 Å². The molecule has 0 saturated carbocycles. The fourth-order valence-electron chi connectivity index (χ4n) is 3.21. The molecule has 0 amide bonds. The number of nitrogens with zero attached hydrogens (tertiary/aromatic N) is 3. The third-order valence-electron chi connectivity index (χ3n) is 4.55. The highest BCUT2D eigenvalue weighted by molar-refractivity contribution is 7.11. The van der Waals surface area contributed by atoms with Crippen LogP contribution in [0, 0.1) is 0 Å². The molecule has 1 aliphatic rings. The van der Waals surface area contributed by atoms with Gasteiger partial charge in [0.15, 0.2) is 12.1 Å². The summed E-state index contributed by atoms with van der Waals surface area (Å²) in [6.07, 6.45) is 1.02. The van der Waals surface area contributed by atoms with Gasteiger partial charge in [0, 0.05) is 23.9 Å². The standard InChI is InChI=1S/C17H19ClN4OS/c1-3-14-19-12-7-9(2)22(8-13(12)24-14)17(23)16-20-11-6-4-5-10(18)15(11)21-16/h4-6,9,17,23H,3,7-8H2,1-2H3,(H,20,21)/t9-,17?/m1/s1. The van der Waals surface area contributed by atoms with E-state index < -0.39 is 6.23 Å². The first-order valence-corrected chi connectivity index (χ1v) is 9.31. The summed E-state index contributed by atoms with van der Waals surface area (Å²) in [5.74, 6) is 0.536. The fourth-order valence-corrected chi connectivity index (χ4v) is 4.47. The van der Waals surface area contributed by atoms with E-state index in [9.17, 15) is 5.11 Å². The summed E-state index contributed by atoms with van der Waals surface area (Å²) in [5, 5.41) is 12.6. The fraction of sp³-hybridized carbons (Fsp3) is 0.412. The van der Waals surface area contributed by atoms with Crippen molar-refractivity contribution in [2.75, 3.05) is 0 Å². The molecule has 4 rings (SSSR count). The second-order valence-corrected chi connectivity index (χ2v) is 7.76. The second kappa shape index (κ2) is 6.11. The van der Waals surface area contributed by atoms with Crippen LogP contribution in [0.4, 0.5) is 0 Å². The third-order valence-corrected chi connectivity index (χ3v) is 6.08. The Morgan fingerprint density at radius 3 is 3.04 bits per heavy atom. The lowest BCUT2D eigenvalue weighted by Gasteiger charge is -2.35. The predicted octanol–water partition coefficient (Wildman–Crippen LogP) is 3.67. The number of hydrogen-bond donors (Lipinski definition) is 2. The molecule has 126 valence electrons. The van der Waals surface area contributed by atoms with Gasteiger partial charge < -0.3 is 10.1 Å². The maximum absolute atomic E-state index is 10.9. The van der Waals surface area contributed by atoms with Crippen LogP contribution in [-0.2, 0) is 19.4 Å². The number of aromatic amines is 1. The van der Waals surface area contributed by atoms with Gasteiger partial charge in [0.1, 0.15) is 5.52 Å². The summed E-state index contributed by atoms with van der Waals surface area (Å²) in [6, 6.07) is 5.79. The number of aliphatic hydroxyl groups excluding tert-OH is 1. The minimum Gasteiger partial charge on any atom is -0.371 e. The zero-order valence-corrected chi connectivity index (χ0v) is 15.2. The van der Waals surface area contributed by atoms with Gasteiger partial charge in [0.05, 0.1) is 21.2 Å². The van der Waals surface area contributed by atoms with Crippen molar-refractivity contribution < 1.29 is 5.11 Å². The maximum atomic E-state index is 10.9. The molecule has 0 bridgehead atoms. The van der Waals surface area contributed by atoms with Gasteiger partial charge in [-0.25, -0.2) is 9.97 Å². The molecule has 1 aliphatic heterocycles. The monoisotopic (exact) mass is 362 g/mol. The van der Waals surface area contributed by atoms with Gasteiger partial charge >= 0.3 is 0 Å². The van der Waals surface area contributed by atoms with Crippen molar-refractivity contribution in [3.63, 3.8) is 0 Å². The number of aryl methyl sites for hydroxylation is 1. The number of aliphatic hydroxyl groups is 1. The number of para-hydroxylation sites is 1. The van der Waals surface area contributed by atoms with Crippen molar-refractivity contribution in [2.45, 2.75) is 45.5 Å². The van der Waals surface area contributed by atoms with E-state index in [-0.39, 0.29) is 6.04 Å². The summed E-state index contributed by atoms with van der Waals surface area (Å²) in [5.41, 5.74) is 2.72. The molecule has 3 heterocycles. The van der Waals surface area contributed by atoms with Gasteiger partial charge in [-0.15, -0.1) is 11.3 Å². The molecule has 1 aromatic carbocycles. The first kappa shape index (κ1) is 16.0. The van der Waals surface area contributed by atoms with E-state index >= 15 is 0 Å². The van der Waals surface area contributed by atoms with E-state index in [1.165, 1.54) is 15.6 Å². The van der Waals surface area contributed by atoms with Crippen LogP contribution >= 0.6 is 22.9 Å². The molecule has 5 nitrogen and oxygen atoms in total. The molecular weight excluding hydrogens is 344 g/mol. The molecule has 7 heteroatoms. The second-order valence-electron chi connectivity index (χ2n) is 6.19. The maximum Gasteiger partial charge on any atom is 0.166 e. The molecule has 2 atom stereocenters. The lowest BCUT2D eigenvalue weighted by Crippen LogP contribution is -2.41. The van der Waals surface area contributed by atoms with Gasteiger partial charge in [0.25, 0.3) is 0 Å². The Hall–Kier alpha value is -1.47. The van der Waals surface area contributed by atoms with Crippen LogP contribution in [0.2, 0.25) is 5.02 Å². The Balaban J connectivity index is 1.65. The summed E-state index contributed by atoms with van der Waals surface area (Å²) in [6.45, 7) is 4.94. The number of thiazole rings is 1. The van der Waals surface area contributed by atoms with Crippen LogP contribution in [-0.4, -0.2) is 31.0 Å². The topological polar surface area (TPSA) is 65.0 Å². The van der Waals surface area contributed by atoms with Gasteiger partial charge in [-0.3, -0.25) is 4.90 Å². The van der Waals surface area contributed by atoms with E-state index in [0.717, 1.165) is 18.4 Å². The molecule has 1 unspecified atom stereocenters. The average Bonchev–Trinajstić information content (AvgIpc) is 3.17. The molecule has 3 aromatic rings. The van der Waals surface area contributed by atoms with E-state index in [2.05, 4.69) is 28.7 Å². The lowest BCUT2D eigenvalue weighted by molar-refractivity contribution is -0.0390. The summed E-state index contributed by atoms with van der Waals surface area (Å²) in [7, 11) is 0. The Kier molecular flexibility index (Phi) is 4.08. The van der Waals surface area contributed by atoms with Crippen molar-refractivity contribution in [1.29, 1.82) is 0 Å². The number of fused-ring (bicyclic) bond motifs is 2. The molecule has 2 aromatic heterocycles. The predicted molar refractivity (Wildman–Crippen MR) is 96.3 cm³/mol. The van der Waals surface area contributed by atoms with Gasteiger partial charge in [0.2, 0.25) is 0 Å². The molecule has 0 saturated heterocycles. The van der Waals surface area contributed by atoms with Crippen molar-refractivity contribution >= 4 is 34.0 Å². The number of benzene rings is 1. The highest BCUT2D eigenvalue weighted by Gasteiger charge is 2.32. The number of H-pyrrole nitrogens is 1. The zero-order valence-electron chi connectivity index (χ0n) is 13.6. The minimum atomic E-state index is -0.788. The van der Waals surface area contributed by atoms with Crippen LogP contribution in [0.3, 0.4) is 0 Å². The summed E-state index contributed by atoms with van der Waals surface area (Å²) < 4.78 is 0. The molecule has 0 radical (unpaired) electrons. The quantitative estimate of drug-likeness (QED) is 0.746. The number of nitrogens with one attached hydrogen (secondary N) is 1. The Bertz CT molecular complexity index is 890. The molecular formula is C17H19ClN4OS. The number of imidazole rings is 1. The van der Waals surface area contributed by atoms with Gasteiger partial charge in [-0.2, -0.15) is 0 Å². The highest BCUT2D eigenvalue weighted by atomic mass is 35.5. The molecule has 24 heavy (non-hydrogen) atoms. The Labute approximate surface area is 149 Å². The van der Waals surface area contributed by atoms with Crippen LogP contribution in [0.25, 0.3) is 11.0 Å². The SMILES string of the molecule is CCc1nc2c(s1)CN(C(O)c1nc3c(Cl)cccc3[nH]1)[C@H](C)C2. The van der Waals surface area contributed by atoms with E-state index in [0.29, 0.717) is 22.9 Å². The average molecular weight is 363 g/mol. The van der Waals surface area contributed by atoms with Crippen LogP contribution < -0.4 is 0 Å². The molecule has 0 fully saturated rings. The Morgan fingerprint density at radius 2 is 2.29 bits per heavy atom. The largest absolute Gasteiger partial charge is 0.371 e. The van der Waals surface area contributed by atoms with Crippen molar-refractivity contribution in [2.24, 2.45) is 0 Å². The minimum absolute atomic E-state index is 0.197. The highest BCUT2D eigenvalue weighted by Crippen LogP contribution is 2.33. The van der Waals surface area contributed by atoms with Crippen LogP contribution in [0.1, 0.15) is 41.5 Å². The van der Waals surface area contributed by atoms with Gasteiger partial charge in [-0.05, 0) is 25.5 Å². The summed E-state index contributed by atoms with van der Waals surface area (Å²) >= 11 is 7.94. The Morgan fingerprint density at radius 1 is 1.46 bits per heavy atom. The van der Waals surface area contributed by atoms with E-state index in [4.69, 9.17) is 16.6 Å². The number of halogens is 1. The first-order valence-electron chi connectivity index (χ1n) is 8.12. The van der Waals surface area contributed by atoms with Crippen molar-refractivity contribution in [1.82, 2.24) is 19.9 Å². The van der Waals surface area contributed by atoms with Crippen molar-refractivity contribution in [3.8, 4) is 0 Å². The molecule has 2 N–H and O–H groups in total. The molecule has 0 aliphatic carbocycles. The zero-order chi connectivity index (χ0) is 16.8. The summed E-state index contributed by atoms with van der Waals surface area (Å²) in [4.78, 5) is 15.7. The first-order chi connectivity index (χ1) is 11.6. The normalized spacial score (nSPS) is 19.6. The number of hydrogen-bond acceptors (Lipinski definition) is 5. The lowest BCUT2D eigenvalue weighted by atomic mass is 10.1. The van der Waals surface area contributed by atoms with Crippen LogP contribution in [0.15, 0.2) is 18.2 Å².